The highest BCUT2D eigenvalue weighted by molar-refractivity contribution is 6.85. The Balaban J connectivity index is 1.38. The van der Waals surface area contributed by atoms with E-state index < -0.39 is 45.6 Å². The first kappa shape index (κ1) is 52.0. The third-order valence-corrected chi connectivity index (χ3v) is 26.4. The lowest BCUT2D eigenvalue weighted by atomic mass is 9.65. The standard InChI is InChI=1S/C46H80O10Si4/c1-11-13-36-57(3,4)55-59(7,8)38-18-30-49-32-34-51-44(47)53-42-24-20-40(21-25-42)46(28-16-15-17-29-46)41-22-26-43(27-23-41)54-45(48)52-35-33-50-31-19-39-60(9,10)56-58(5,6)37-14-12-2/h20-27H,11-19,28-39H2,1-10H3. The lowest BCUT2D eigenvalue weighted by molar-refractivity contribution is 0.0518. The van der Waals surface area contributed by atoms with E-state index in [0.717, 1.165) is 61.7 Å². The van der Waals surface area contributed by atoms with Crippen molar-refractivity contribution in [3.8, 4) is 11.5 Å². The highest BCUT2D eigenvalue weighted by Gasteiger charge is 2.36. The maximum Gasteiger partial charge on any atom is 0.513 e. The fourth-order valence-corrected chi connectivity index (χ4v) is 26.5. The van der Waals surface area contributed by atoms with Crippen LogP contribution in [0, 0.1) is 0 Å². The van der Waals surface area contributed by atoms with Crippen LogP contribution in [-0.4, -0.2) is 85.2 Å². The minimum absolute atomic E-state index is 0.135. The van der Waals surface area contributed by atoms with Crippen molar-refractivity contribution in [3.63, 3.8) is 0 Å². The van der Waals surface area contributed by atoms with Crippen LogP contribution in [0.25, 0.3) is 0 Å². The van der Waals surface area contributed by atoms with Crippen LogP contribution < -0.4 is 9.47 Å². The molecule has 3 rings (SSSR count). The number of unbranched alkanes of at least 4 members (excludes halogenated alkanes) is 2. The summed E-state index contributed by atoms with van der Waals surface area (Å²) >= 11 is 0. The van der Waals surface area contributed by atoms with Crippen molar-refractivity contribution >= 4 is 45.6 Å². The molecule has 1 aliphatic carbocycles. The van der Waals surface area contributed by atoms with Gasteiger partial charge in [0, 0.05) is 18.6 Å². The van der Waals surface area contributed by atoms with Crippen molar-refractivity contribution in [1.29, 1.82) is 0 Å². The fourth-order valence-electron chi connectivity index (χ4n) is 8.51. The number of benzene rings is 2. The lowest BCUT2D eigenvalue weighted by Crippen LogP contribution is -2.44. The van der Waals surface area contributed by atoms with Gasteiger partial charge in [0.2, 0.25) is 0 Å². The van der Waals surface area contributed by atoms with Crippen molar-refractivity contribution in [2.45, 2.75) is 166 Å². The van der Waals surface area contributed by atoms with Gasteiger partial charge in [0.25, 0.3) is 0 Å². The molecule has 0 radical (unpaired) electrons. The molecular formula is C46H80O10Si4. The molecule has 0 atom stereocenters. The van der Waals surface area contributed by atoms with Crippen LogP contribution in [-0.2, 0) is 32.6 Å². The van der Waals surface area contributed by atoms with E-state index in [2.05, 4.69) is 66.2 Å². The number of carbonyl (C=O) groups excluding carboxylic acids is 2. The molecule has 1 saturated carbocycles. The molecule has 340 valence electrons. The van der Waals surface area contributed by atoms with Crippen molar-refractivity contribution < 1.29 is 46.2 Å². The maximum atomic E-state index is 12.5. The second kappa shape index (κ2) is 25.7. The first-order chi connectivity index (χ1) is 28.4. The summed E-state index contributed by atoms with van der Waals surface area (Å²) in [6.45, 7) is 25.2. The second-order valence-corrected chi connectivity index (χ2v) is 36.7. The van der Waals surface area contributed by atoms with Crippen LogP contribution >= 0.6 is 0 Å². The smallest absolute Gasteiger partial charge is 0.455 e. The molecule has 0 saturated heterocycles. The molecule has 0 unspecified atom stereocenters. The monoisotopic (exact) mass is 904 g/mol. The van der Waals surface area contributed by atoms with Crippen LogP contribution in [0.1, 0.15) is 95.6 Å². The first-order valence-corrected chi connectivity index (χ1v) is 35.3. The van der Waals surface area contributed by atoms with Gasteiger partial charge in [-0.15, -0.1) is 0 Å². The van der Waals surface area contributed by atoms with Crippen LogP contribution in [0.4, 0.5) is 9.59 Å². The summed E-state index contributed by atoms with van der Waals surface area (Å²) in [5, 5.41) is 0. The van der Waals surface area contributed by atoms with Crippen molar-refractivity contribution in [3.05, 3.63) is 59.7 Å². The van der Waals surface area contributed by atoms with Gasteiger partial charge in [0.1, 0.15) is 24.7 Å². The molecule has 60 heavy (non-hydrogen) atoms. The Kier molecular flexibility index (Phi) is 22.3. The molecule has 2 aromatic carbocycles. The van der Waals surface area contributed by atoms with Crippen LogP contribution in [0.3, 0.4) is 0 Å². The fraction of sp³-hybridized carbons (Fsp3) is 0.696. The summed E-state index contributed by atoms with van der Waals surface area (Å²) in [4.78, 5) is 24.9. The molecule has 14 heteroatoms. The van der Waals surface area contributed by atoms with E-state index in [1.165, 1.54) is 44.2 Å². The van der Waals surface area contributed by atoms with Crippen molar-refractivity contribution in [1.82, 2.24) is 0 Å². The quantitative estimate of drug-likeness (QED) is 0.0354. The Bertz CT molecular complexity index is 1420. The van der Waals surface area contributed by atoms with Crippen LogP contribution in [0.15, 0.2) is 48.5 Å². The molecule has 1 aliphatic rings. The molecule has 0 spiro atoms. The van der Waals surface area contributed by atoms with Gasteiger partial charge in [0.05, 0.1) is 13.2 Å². The molecule has 10 nitrogen and oxygen atoms in total. The number of hydrogen-bond donors (Lipinski definition) is 0. The Morgan fingerprint density at radius 2 is 0.833 bits per heavy atom. The molecule has 2 aromatic rings. The third-order valence-electron chi connectivity index (χ3n) is 11.3. The van der Waals surface area contributed by atoms with Crippen molar-refractivity contribution in [2.75, 3.05) is 39.6 Å². The number of hydrogen-bond acceptors (Lipinski definition) is 10. The van der Waals surface area contributed by atoms with Crippen LogP contribution in [0.5, 0.6) is 11.5 Å². The summed E-state index contributed by atoms with van der Waals surface area (Å²) in [5.41, 5.74) is 2.12. The number of rotatable bonds is 28. The summed E-state index contributed by atoms with van der Waals surface area (Å²) in [7, 11) is -6.68. The third kappa shape index (κ3) is 19.8. The lowest BCUT2D eigenvalue weighted by Gasteiger charge is -2.38. The average molecular weight is 905 g/mol. The normalized spacial score (nSPS) is 14.8. The SMILES string of the molecule is CCCC[Si](C)(C)O[Si](C)(C)CCCOCCOC(=O)Oc1ccc(C2(c3ccc(OC(=O)OCCOCCC[Si](C)(C)O[Si](C)(C)CCCC)cc3)CCCCC2)cc1. The van der Waals surface area contributed by atoms with E-state index in [9.17, 15) is 9.59 Å². The van der Waals surface area contributed by atoms with E-state index in [4.69, 9.17) is 36.7 Å². The van der Waals surface area contributed by atoms with E-state index in [-0.39, 0.29) is 18.6 Å². The molecule has 0 heterocycles. The minimum atomic E-state index is -1.73. The Hall–Kier alpha value is -2.31. The molecular weight excluding hydrogens is 825 g/mol. The summed E-state index contributed by atoms with van der Waals surface area (Å²) < 4.78 is 46.4. The van der Waals surface area contributed by atoms with Gasteiger partial charge in [-0.3, -0.25) is 0 Å². The zero-order chi connectivity index (χ0) is 44.1. The van der Waals surface area contributed by atoms with E-state index in [1.807, 2.05) is 48.5 Å². The highest BCUT2D eigenvalue weighted by Crippen LogP contribution is 2.45. The van der Waals surface area contributed by atoms with Crippen molar-refractivity contribution in [2.24, 2.45) is 0 Å². The molecule has 0 bridgehead atoms. The van der Waals surface area contributed by atoms with Gasteiger partial charge >= 0.3 is 12.3 Å². The Labute approximate surface area is 367 Å². The molecule has 0 N–H and O–H groups in total. The number of ether oxygens (including phenoxy) is 6. The summed E-state index contributed by atoms with van der Waals surface area (Å²) in [5.74, 6) is 0.861. The van der Waals surface area contributed by atoms with E-state index in [0.29, 0.717) is 37.9 Å². The molecule has 0 amide bonds. The second-order valence-electron chi connectivity index (χ2n) is 19.0. The molecule has 0 aromatic heterocycles. The Morgan fingerprint density at radius 1 is 0.483 bits per heavy atom. The predicted molar refractivity (Wildman–Crippen MR) is 253 cm³/mol. The number of carbonyl (C=O) groups is 2. The highest BCUT2D eigenvalue weighted by atomic mass is 28.4. The molecule has 0 aliphatic heterocycles. The zero-order valence-electron chi connectivity index (χ0n) is 39.1. The maximum absolute atomic E-state index is 12.5. The van der Waals surface area contributed by atoms with Gasteiger partial charge < -0.3 is 36.7 Å². The summed E-state index contributed by atoms with van der Waals surface area (Å²) in [6.07, 6.45) is 10.7. The Morgan fingerprint density at radius 3 is 1.18 bits per heavy atom. The van der Waals surface area contributed by atoms with Gasteiger partial charge in [-0.1, -0.05) is 83.1 Å². The van der Waals surface area contributed by atoms with Gasteiger partial charge in [0.15, 0.2) is 33.3 Å². The van der Waals surface area contributed by atoms with E-state index in [1.54, 1.807) is 0 Å². The van der Waals surface area contributed by atoms with Crippen LogP contribution in [0.2, 0.25) is 76.6 Å². The van der Waals surface area contributed by atoms with E-state index >= 15 is 0 Å². The topological polar surface area (TPSA) is 108 Å². The van der Waals surface area contributed by atoms with Gasteiger partial charge in [-0.05, 0) is 138 Å². The van der Waals surface area contributed by atoms with Gasteiger partial charge in [-0.25, -0.2) is 9.59 Å². The average Bonchev–Trinajstić information content (AvgIpc) is 3.18. The van der Waals surface area contributed by atoms with Gasteiger partial charge in [-0.2, -0.15) is 0 Å². The largest absolute Gasteiger partial charge is 0.513 e. The minimum Gasteiger partial charge on any atom is -0.455 e. The zero-order valence-corrected chi connectivity index (χ0v) is 43.1. The molecule has 1 fully saturated rings. The summed E-state index contributed by atoms with van der Waals surface area (Å²) in [6, 6.07) is 20.0. The predicted octanol–water partition coefficient (Wildman–Crippen LogP) is 13.2. The first-order valence-electron chi connectivity index (χ1n) is 22.9.